The standard InChI is InChI=1S/C18H23N3O3/c1-13-4-2-3-5-16(13)24-12-15(22)18(23)21-10-6-14(7-11-21)17-19-8-9-20-17/h2-5,8-9,14-15,22H,6-7,10-12H2,1H3,(H,19,20)/t15-/m1/s1. The molecular weight excluding hydrogens is 306 g/mol. The molecule has 1 saturated heterocycles. The highest BCUT2D eigenvalue weighted by Gasteiger charge is 2.28. The molecule has 6 nitrogen and oxygen atoms in total. The zero-order chi connectivity index (χ0) is 16.9. The third kappa shape index (κ3) is 3.76. The number of likely N-dealkylation sites (tertiary alicyclic amines) is 1. The van der Waals surface area contributed by atoms with E-state index in [0.29, 0.717) is 24.8 Å². The molecule has 1 fully saturated rings. The number of amides is 1. The number of carbonyl (C=O) groups is 1. The Morgan fingerprint density at radius 2 is 2.17 bits per heavy atom. The summed E-state index contributed by atoms with van der Waals surface area (Å²) >= 11 is 0. The highest BCUT2D eigenvalue weighted by Crippen LogP contribution is 2.25. The summed E-state index contributed by atoms with van der Waals surface area (Å²) in [7, 11) is 0. The van der Waals surface area contributed by atoms with Gasteiger partial charge in [-0.2, -0.15) is 0 Å². The van der Waals surface area contributed by atoms with Crippen molar-refractivity contribution in [2.75, 3.05) is 19.7 Å². The van der Waals surface area contributed by atoms with E-state index in [1.165, 1.54) is 0 Å². The topological polar surface area (TPSA) is 78.5 Å². The van der Waals surface area contributed by atoms with Gasteiger partial charge in [0.15, 0.2) is 6.10 Å². The lowest BCUT2D eigenvalue weighted by molar-refractivity contribution is -0.142. The van der Waals surface area contributed by atoms with E-state index in [-0.39, 0.29) is 12.5 Å². The third-order valence-corrected chi connectivity index (χ3v) is 4.49. The predicted octanol–water partition coefficient (Wildman–Crippen LogP) is 1.86. The number of piperidine rings is 1. The van der Waals surface area contributed by atoms with E-state index in [0.717, 1.165) is 24.2 Å². The number of aromatic nitrogens is 2. The molecule has 128 valence electrons. The van der Waals surface area contributed by atoms with Crippen LogP contribution in [0.15, 0.2) is 36.7 Å². The quantitative estimate of drug-likeness (QED) is 0.878. The summed E-state index contributed by atoms with van der Waals surface area (Å²) in [5.74, 6) is 1.76. The monoisotopic (exact) mass is 329 g/mol. The van der Waals surface area contributed by atoms with Gasteiger partial charge in [0.2, 0.25) is 0 Å². The molecule has 2 aromatic rings. The zero-order valence-corrected chi connectivity index (χ0v) is 13.8. The van der Waals surface area contributed by atoms with Crippen LogP contribution in [0.1, 0.15) is 30.1 Å². The molecule has 0 unspecified atom stereocenters. The van der Waals surface area contributed by atoms with Crippen molar-refractivity contribution in [3.8, 4) is 5.75 Å². The van der Waals surface area contributed by atoms with Gasteiger partial charge in [-0.05, 0) is 31.4 Å². The average molecular weight is 329 g/mol. The summed E-state index contributed by atoms with van der Waals surface area (Å²) < 4.78 is 5.58. The van der Waals surface area contributed by atoms with Gasteiger partial charge in [-0.25, -0.2) is 4.98 Å². The molecule has 0 saturated carbocycles. The first-order chi connectivity index (χ1) is 11.6. The Morgan fingerprint density at radius 1 is 1.42 bits per heavy atom. The molecule has 1 aliphatic rings. The molecule has 0 bridgehead atoms. The van der Waals surface area contributed by atoms with E-state index in [1.807, 2.05) is 37.4 Å². The van der Waals surface area contributed by atoms with Gasteiger partial charge in [-0.1, -0.05) is 18.2 Å². The van der Waals surface area contributed by atoms with Crippen LogP contribution in [0.25, 0.3) is 0 Å². The number of H-pyrrole nitrogens is 1. The molecule has 2 heterocycles. The summed E-state index contributed by atoms with van der Waals surface area (Å²) in [6, 6.07) is 7.56. The van der Waals surface area contributed by atoms with Gasteiger partial charge in [-0.15, -0.1) is 0 Å². The first-order valence-electron chi connectivity index (χ1n) is 8.29. The number of imidazole rings is 1. The largest absolute Gasteiger partial charge is 0.490 e. The molecule has 2 N–H and O–H groups in total. The van der Waals surface area contributed by atoms with Gasteiger partial charge in [-0.3, -0.25) is 4.79 Å². The van der Waals surface area contributed by atoms with E-state index in [1.54, 1.807) is 11.1 Å². The van der Waals surface area contributed by atoms with Gasteiger partial charge >= 0.3 is 0 Å². The molecular formula is C18H23N3O3. The summed E-state index contributed by atoms with van der Waals surface area (Å²) in [5, 5.41) is 10.1. The SMILES string of the molecule is Cc1ccccc1OC[C@@H](O)C(=O)N1CCC(c2ncc[nH]2)CC1. The van der Waals surface area contributed by atoms with Crippen LogP contribution in [-0.4, -0.2) is 51.7 Å². The number of aliphatic hydroxyl groups is 1. The number of aliphatic hydroxyl groups excluding tert-OH is 1. The zero-order valence-electron chi connectivity index (χ0n) is 13.8. The Balaban J connectivity index is 1.49. The minimum absolute atomic E-state index is 0.0260. The Bertz CT molecular complexity index is 664. The summed E-state index contributed by atoms with van der Waals surface area (Å²) in [5.41, 5.74) is 0.983. The maximum Gasteiger partial charge on any atom is 0.254 e. The summed E-state index contributed by atoms with van der Waals surface area (Å²) in [6.07, 6.45) is 4.14. The second-order valence-electron chi connectivity index (χ2n) is 6.17. The first-order valence-corrected chi connectivity index (χ1v) is 8.29. The van der Waals surface area contributed by atoms with Gasteiger partial charge in [0.25, 0.3) is 5.91 Å². The van der Waals surface area contributed by atoms with Crippen molar-refractivity contribution >= 4 is 5.91 Å². The number of aryl methyl sites for hydroxylation is 1. The number of rotatable bonds is 5. The second kappa shape index (κ2) is 7.49. The van der Waals surface area contributed by atoms with Crippen molar-refractivity contribution in [1.82, 2.24) is 14.9 Å². The number of nitrogens with zero attached hydrogens (tertiary/aromatic N) is 2. The Hall–Kier alpha value is -2.34. The fourth-order valence-corrected chi connectivity index (χ4v) is 3.04. The maximum atomic E-state index is 12.4. The van der Waals surface area contributed by atoms with Gasteiger partial charge < -0.3 is 19.7 Å². The summed E-state index contributed by atoms with van der Waals surface area (Å²) in [6.45, 7) is 3.17. The lowest BCUT2D eigenvalue weighted by atomic mass is 9.96. The minimum Gasteiger partial charge on any atom is -0.490 e. The number of hydrogen-bond donors (Lipinski definition) is 2. The molecule has 24 heavy (non-hydrogen) atoms. The minimum atomic E-state index is -1.13. The molecule has 1 aromatic heterocycles. The number of benzene rings is 1. The van der Waals surface area contributed by atoms with E-state index in [9.17, 15) is 9.90 Å². The lowest BCUT2D eigenvalue weighted by Crippen LogP contribution is -2.45. The molecule has 0 aliphatic carbocycles. The van der Waals surface area contributed by atoms with Gasteiger partial charge in [0, 0.05) is 31.4 Å². The Labute approximate surface area is 141 Å². The number of para-hydroxylation sites is 1. The fourth-order valence-electron chi connectivity index (χ4n) is 3.04. The molecule has 0 spiro atoms. The summed E-state index contributed by atoms with van der Waals surface area (Å²) in [4.78, 5) is 21.5. The highest BCUT2D eigenvalue weighted by molar-refractivity contribution is 5.81. The fraction of sp³-hybridized carbons (Fsp3) is 0.444. The molecule has 3 rings (SSSR count). The number of aromatic amines is 1. The molecule has 1 aliphatic heterocycles. The van der Waals surface area contributed by atoms with E-state index in [2.05, 4.69) is 9.97 Å². The second-order valence-corrected chi connectivity index (χ2v) is 6.17. The van der Waals surface area contributed by atoms with Crippen molar-refractivity contribution < 1.29 is 14.6 Å². The van der Waals surface area contributed by atoms with Crippen molar-refractivity contribution in [3.05, 3.63) is 48.0 Å². The molecule has 1 amide bonds. The van der Waals surface area contributed by atoms with Crippen molar-refractivity contribution in [2.45, 2.75) is 31.8 Å². The lowest BCUT2D eigenvalue weighted by Gasteiger charge is -2.32. The smallest absolute Gasteiger partial charge is 0.254 e. The molecule has 6 heteroatoms. The van der Waals surface area contributed by atoms with Gasteiger partial charge in [0.05, 0.1) is 0 Å². The normalized spacial score (nSPS) is 16.8. The average Bonchev–Trinajstić information content (AvgIpc) is 3.15. The van der Waals surface area contributed by atoms with Gasteiger partial charge in [0.1, 0.15) is 18.2 Å². The first kappa shape index (κ1) is 16.5. The predicted molar refractivity (Wildman–Crippen MR) is 89.8 cm³/mol. The van der Waals surface area contributed by atoms with Crippen LogP contribution in [0.5, 0.6) is 5.75 Å². The van der Waals surface area contributed by atoms with E-state index < -0.39 is 6.10 Å². The number of nitrogens with one attached hydrogen (secondary N) is 1. The van der Waals surface area contributed by atoms with E-state index in [4.69, 9.17) is 4.74 Å². The van der Waals surface area contributed by atoms with Crippen molar-refractivity contribution in [3.63, 3.8) is 0 Å². The van der Waals surface area contributed by atoms with E-state index >= 15 is 0 Å². The maximum absolute atomic E-state index is 12.4. The molecule has 0 radical (unpaired) electrons. The van der Waals surface area contributed by atoms with Crippen LogP contribution in [-0.2, 0) is 4.79 Å². The number of carbonyl (C=O) groups excluding carboxylic acids is 1. The number of hydrogen-bond acceptors (Lipinski definition) is 4. The van der Waals surface area contributed by atoms with Crippen LogP contribution < -0.4 is 4.74 Å². The highest BCUT2D eigenvalue weighted by atomic mass is 16.5. The van der Waals surface area contributed by atoms with Crippen LogP contribution in [0.3, 0.4) is 0 Å². The molecule has 1 atom stereocenters. The van der Waals surface area contributed by atoms with Crippen LogP contribution >= 0.6 is 0 Å². The molecule has 1 aromatic carbocycles. The van der Waals surface area contributed by atoms with Crippen LogP contribution in [0.2, 0.25) is 0 Å². The Morgan fingerprint density at radius 3 is 2.83 bits per heavy atom. The van der Waals surface area contributed by atoms with Crippen LogP contribution in [0.4, 0.5) is 0 Å². The van der Waals surface area contributed by atoms with Crippen molar-refractivity contribution in [1.29, 1.82) is 0 Å². The van der Waals surface area contributed by atoms with Crippen LogP contribution in [0, 0.1) is 6.92 Å². The Kier molecular flexibility index (Phi) is 5.15. The number of ether oxygens (including phenoxy) is 1. The van der Waals surface area contributed by atoms with Crippen molar-refractivity contribution in [2.24, 2.45) is 0 Å². The third-order valence-electron chi connectivity index (χ3n) is 4.49.